The van der Waals surface area contributed by atoms with Gasteiger partial charge < -0.3 is 20.7 Å². The zero-order valence-corrected chi connectivity index (χ0v) is 13.3. The lowest BCUT2D eigenvalue weighted by Gasteiger charge is -2.23. The summed E-state index contributed by atoms with van der Waals surface area (Å²) in [6, 6.07) is 13.6. The van der Waals surface area contributed by atoms with E-state index >= 15 is 0 Å². The van der Waals surface area contributed by atoms with E-state index < -0.39 is 0 Å². The van der Waals surface area contributed by atoms with Crippen LogP contribution in [0, 0.1) is 5.82 Å². The quantitative estimate of drug-likeness (QED) is 0.583. The molecule has 0 amide bonds. The summed E-state index contributed by atoms with van der Waals surface area (Å²) < 4.78 is 11.9. The largest absolute Gasteiger partial charge is 0.508 e. The number of aromatic hydroxyl groups is 1. The van der Waals surface area contributed by atoms with E-state index in [2.05, 4.69) is 20.6 Å². The second kappa shape index (κ2) is 7.79. The van der Waals surface area contributed by atoms with Crippen molar-refractivity contribution in [1.82, 2.24) is 15.3 Å². The Morgan fingerprint density at radius 3 is 2.50 bits per heavy atom. The van der Waals surface area contributed by atoms with Crippen LogP contribution in [0.4, 0.5) is 10.3 Å². The number of rotatable bonds is 2. The monoisotopic (exact) mass is 328 g/mol. The van der Waals surface area contributed by atoms with Crippen molar-refractivity contribution in [1.29, 1.82) is 0 Å². The number of hydrogen-bond acceptors (Lipinski definition) is 4. The highest BCUT2D eigenvalue weighted by atomic mass is 19.1. The number of benzene rings is 2. The van der Waals surface area contributed by atoms with Gasteiger partial charge in [0.25, 0.3) is 0 Å². The van der Waals surface area contributed by atoms with Crippen molar-refractivity contribution in [3.05, 3.63) is 54.3 Å². The molecule has 5 nitrogen and oxygen atoms in total. The maximum absolute atomic E-state index is 11.9. The molecule has 0 atom stereocenters. The molecule has 0 bridgehead atoms. The van der Waals surface area contributed by atoms with Gasteiger partial charge in [-0.15, -0.1) is 0 Å². The molecule has 126 valence electrons. The van der Waals surface area contributed by atoms with Crippen molar-refractivity contribution in [2.75, 3.05) is 18.4 Å². The van der Waals surface area contributed by atoms with Crippen LogP contribution in [0.2, 0.25) is 0 Å². The summed E-state index contributed by atoms with van der Waals surface area (Å²) in [6.45, 7) is 2.11. The summed E-state index contributed by atoms with van der Waals surface area (Å²) in [7, 11) is 0. The molecule has 0 spiro atoms. The molecule has 2 aromatic carbocycles. The number of hydrogen-bond donors (Lipinski definition) is 4. The van der Waals surface area contributed by atoms with E-state index in [1.165, 1.54) is 12.1 Å². The molecule has 3 aromatic rings. The number of nitrogens with zero attached hydrogens (tertiary/aromatic N) is 1. The minimum Gasteiger partial charge on any atom is -0.508 e. The average molecular weight is 328 g/mol. The second-order valence-electron chi connectivity index (χ2n) is 5.75. The van der Waals surface area contributed by atoms with Gasteiger partial charge in [-0.3, -0.25) is 0 Å². The molecule has 1 aliphatic heterocycles. The molecule has 2 heterocycles. The van der Waals surface area contributed by atoms with Crippen molar-refractivity contribution < 1.29 is 9.50 Å². The van der Waals surface area contributed by atoms with Crippen molar-refractivity contribution in [2.45, 2.75) is 18.9 Å². The molecule has 24 heavy (non-hydrogen) atoms. The van der Waals surface area contributed by atoms with Gasteiger partial charge in [0, 0.05) is 12.1 Å². The minimum absolute atomic E-state index is 0.178. The summed E-state index contributed by atoms with van der Waals surface area (Å²) >= 11 is 0. The highest BCUT2D eigenvalue weighted by Crippen LogP contribution is 2.20. The average Bonchev–Trinajstić information content (AvgIpc) is 2.98. The Bertz CT molecular complexity index is 769. The lowest BCUT2D eigenvalue weighted by molar-refractivity contribution is 0.476. The number of phenolic OH excluding ortho intramolecular Hbond substituents is 1. The Morgan fingerprint density at radius 1 is 1.08 bits per heavy atom. The van der Waals surface area contributed by atoms with E-state index in [0.717, 1.165) is 42.9 Å². The standard InChI is InChI=1S/C12H16N4O.C6H5F/c17-9-1-2-10-11(7-9)16-12(15-10)14-8-3-5-13-6-4-8;7-6-4-2-1-3-5-6/h1-2,7-8,13,17H,3-6H2,(H2,14,15,16);1-5H. The molecule has 0 unspecified atom stereocenters. The zero-order chi connectivity index (χ0) is 16.8. The van der Waals surface area contributed by atoms with E-state index in [9.17, 15) is 9.50 Å². The Labute approximate surface area is 139 Å². The van der Waals surface area contributed by atoms with Crippen LogP contribution in [0.15, 0.2) is 48.5 Å². The van der Waals surface area contributed by atoms with Crippen LogP contribution in [0.25, 0.3) is 11.0 Å². The Kier molecular flexibility index (Phi) is 5.28. The van der Waals surface area contributed by atoms with E-state index in [0.29, 0.717) is 6.04 Å². The van der Waals surface area contributed by atoms with Gasteiger partial charge >= 0.3 is 0 Å². The van der Waals surface area contributed by atoms with Gasteiger partial charge in [-0.05, 0) is 50.2 Å². The number of imidazole rings is 1. The number of H-pyrrole nitrogens is 1. The van der Waals surface area contributed by atoms with Gasteiger partial charge in [0.1, 0.15) is 11.6 Å². The fourth-order valence-electron chi connectivity index (χ4n) is 2.64. The number of piperidine rings is 1. The lowest BCUT2D eigenvalue weighted by Crippen LogP contribution is -2.35. The molecular weight excluding hydrogens is 307 g/mol. The van der Waals surface area contributed by atoms with E-state index in [-0.39, 0.29) is 11.6 Å². The SMILES string of the molecule is Fc1ccccc1.Oc1ccc2nc(NC3CCNCC3)[nH]c2c1. The molecule has 4 rings (SSSR count). The second-order valence-corrected chi connectivity index (χ2v) is 5.75. The van der Waals surface area contributed by atoms with Crippen LogP contribution in [0.1, 0.15) is 12.8 Å². The molecule has 1 aliphatic rings. The molecular formula is C18H21FN4O. The first-order valence-electron chi connectivity index (χ1n) is 8.07. The molecule has 0 aliphatic carbocycles. The van der Waals surface area contributed by atoms with E-state index in [4.69, 9.17) is 0 Å². The van der Waals surface area contributed by atoms with E-state index in [1.54, 1.807) is 30.3 Å². The van der Waals surface area contributed by atoms with Crippen molar-refractivity contribution in [3.8, 4) is 5.75 Å². The number of phenols is 1. The molecule has 0 saturated carbocycles. The summed E-state index contributed by atoms with van der Waals surface area (Å²) in [5.41, 5.74) is 1.74. The molecule has 1 aromatic heterocycles. The summed E-state index contributed by atoms with van der Waals surface area (Å²) in [6.07, 6.45) is 2.23. The number of fused-ring (bicyclic) bond motifs is 1. The van der Waals surface area contributed by atoms with Gasteiger partial charge in [-0.1, -0.05) is 18.2 Å². The Morgan fingerprint density at radius 2 is 1.83 bits per heavy atom. The number of anilines is 1. The van der Waals surface area contributed by atoms with Gasteiger partial charge in [0.15, 0.2) is 0 Å². The van der Waals surface area contributed by atoms with Gasteiger partial charge in [-0.2, -0.15) is 0 Å². The van der Waals surface area contributed by atoms with Crippen LogP contribution >= 0.6 is 0 Å². The molecule has 1 fully saturated rings. The fraction of sp³-hybridized carbons (Fsp3) is 0.278. The summed E-state index contributed by atoms with van der Waals surface area (Å²) in [4.78, 5) is 7.63. The first-order chi connectivity index (χ1) is 11.7. The maximum atomic E-state index is 11.9. The molecule has 0 radical (unpaired) electrons. The van der Waals surface area contributed by atoms with Crippen molar-refractivity contribution >= 4 is 17.0 Å². The van der Waals surface area contributed by atoms with Crippen molar-refractivity contribution in [2.24, 2.45) is 0 Å². The third-order valence-corrected chi connectivity index (χ3v) is 3.88. The Balaban J connectivity index is 0.000000203. The number of aromatic amines is 1. The first-order valence-corrected chi connectivity index (χ1v) is 8.07. The van der Waals surface area contributed by atoms with E-state index in [1.807, 2.05) is 6.07 Å². The molecule has 4 N–H and O–H groups in total. The van der Waals surface area contributed by atoms with Gasteiger partial charge in [0.05, 0.1) is 11.0 Å². The first kappa shape index (κ1) is 16.3. The van der Waals surface area contributed by atoms with Crippen LogP contribution in [-0.2, 0) is 0 Å². The van der Waals surface area contributed by atoms with Gasteiger partial charge in [0.2, 0.25) is 5.95 Å². The normalized spacial score (nSPS) is 14.9. The number of halogens is 1. The summed E-state index contributed by atoms with van der Waals surface area (Å²) in [5.74, 6) is 0.870. The van der Waals surface area contributed by atoms with Crippen LogP contribution in [0.3, 0.4) is 0 Å². The van der Waals surface area contributed by atoms with Gasteiger partial charge in [-0.25, -0.2) is 9.37 Å². The molecule has 1 saturated heterocycles. The predicted octanol–water partition coefficient (Wildman–Crippen LogP) is 3.26. The third kappa shape index (κ3) is 4.45. The predicted molar refractivity (Wildman–Crippen MR) is 93.7 cm³/mol. The van der Waals surface area contributed by atoms with Crippen molar-refractivity contribution in [3.63, 3.8) is 0 Å². The highest BCUT2D eigenvalue weighted by molar-refractivity contribution is 5.78. The van der Waals surface area contributed by atoms with Crippen LogP contribution in [-0.4, -0.2) is 34.2 Å². The lowest BCUT2D eigenvalue weighted by atomic mass is 10.1. The smallest absolute Gasteiger partial charge is 0.201 e. The molecule has 6 heteroatoms. The summed E-state index contributed by atoms with van der Waals surface area (Å²) in [5, 5.41) is 16.1. The topological polar surface area (TPSA) is 73.0 Å². The Hall–Kier alpha value is -2.60. The number of nitrogens with one attached hydrogen (secondary N) is 3. The minimum atomic E-state index is -0.178. The maximum Gasteiger partial charge on any atom is 0.201 e. The number of aromatic nitrogens is 2. The fourth-order valence-corrected chi connectivity index (χ4v) is 2.64. The zero-order valence-electron chi connectivity index (χ0n) is 13.3. The third-order valence-electron chi connectivity index (χ3n) is 3.88. The van der Waals surface area contributed by atoms with Crippen LogP contribution in [0.5, 0.6) is 5.75 Å². The highest BCUT2D eigenvalue weighted by Gasteiger charge is 2.14. The van der Waals surface area contributed by atoms with Crippen LogP contribution < -0.4 is 10.6 Å².